The Morgan fingerprint density at radius 3 is 2.74 bits per heavy atom. The number of aromatic nitrogens is 4. The van der Waals surface area contributed by atoms with Crippen molar-refractivity contribution < 1.29 is 4.39 Å². The van der Waals surface area contributed by atoms with E-state index < -0.39 is 5.82 Å². The first-order chi connectivity index (χ1) is 11.0. The zero-order chi connectivity index (χ0) is 16.1. The van der Waals surface area contributed by atoms with Gasteiger partial charge in [0.2, 0.25) is 5.28 Å². The third kappa shape index (κ3) is 2.29. The molecule has 0 spiro atoms. The third-order valence-electron chi connectivity index (χ3n) is 3.83. The van der Waals surface area contributed by atoms with Crippen molar-refractivity contribution in [3.05, 3.63) is 50.5 Å². The molecule has 0 saturated carbocycles. The van der Waals surface area contributed by atoms with Gasteiger partial charge in [0.05, 0.1) is 0 Å². The van der Waals surface area contributed by atoms with Gasteiger partial charge in [-0.05, 0) is 36.2 Å². The number of aryl methyl sites for hydroxylation is 1. The van der Waals surface area contributed by atoms with Gasteiger partial charge < -0.3 is 0 Å². The summed E-state index contributed by atoms with van der Waals surface area (Å²) in [5.41, 5.74) is 0.455. The molecule has 116 valence electrons. The summed E-state index contributed by atoms with van der Waals surface area (Å²) in [5.74, 6) is 0.0972. The van der Waals surface area contributed by atoms with Crippen LogP contribution in [-0.4, -0.2) is 19.5 Å². The van der Waals surface area contributed by atoms with Crippen LogP contribution in [-0.2, 0) is 13.0 Å². The Hall–Kier alpha value is -2.05. The van der Waals surface area contributed by atoms with Gasteiger partial charge in [0.15, 0.2) is 5.52 Å². The lowest BCUT2D eigenvalue weighted by atomic mass is 10.1. The molecule has 0 bridgehead atoms. The van der Waals surface area contributed by atoms with Crippen molar-refractivity contribution in [1.82, 2.24) is 19.5 Å². The van der Waals surface area contributed by atoms with Crippen LogP contribution < -0.4 is 5.56 Å². The van der Waals surface area contributed by atoms with E-state index in [4.69, 9.17) is 23.2 Å². The molecule has 0 unspecified atom stereocenters. The monoisotopic (exact) mass is 350 g/mol. The molecule has 0 amide bonds. The number of fused-ring (bicyclic) bond motifs is 2. The van der Waals surface area contributed by atoms with Crippen molar-refractivity contribution in [3.8, 4) is 11.3 Å². The SMILES string of the molecule is O=c1c2nc(Cl)nc(-c3ccc(Cl)cc3F)c2nc2n1CCC2. The number of halogens is 3. The van der Waals surface area contributed by atoms with Gasteiger partial charge in [-0.3, -0.25) is 9.36 Å². The van der Waals surface area contributed by atoms with Crippen LogP contribution in [0.15, 0.2) is 23.0 Å². The van der Waals surface area contributed by atoms with E-state index >= 15 is 0 Å². The van der Waals surface area contributed by atoms with E-state index in [1.807, 2.05) is 0 Å². The van der Waals surface area contributed by atoms with Gasteiger partial charge in [0.25, 0.3) is 5.56 Å². The van der Waals surface area contributed by atoms with Crippen LogP contribution >= 0.6 is 23.2 Å². The maximum Gasteiger partial charge on any atom is 0.280 e. The van der Waals surface area contributed by atoms with E-state index in [0.717, 1.165) is 6.42 Å². The summed E-state index contributed by atoms with van der Waals surface area (Å²) in [6, 6.07) is 4.21. The first-order valence-electron chi connectivity index (χ1n) is 6.97. The highest BCUT2D eigenvalue weighted by molar-refractivity contribution is 6.30. The minimum Gasteiger partial charge on any atom is -0.295 e. The lowest BCUT2D eigenvalue weighted by Gasteiger charge is -2.09. The highest BCUT2D eigenvalue weighted by atomic mass is 35.5. The standard InChI is InChI=1S/C15H9Cl2FN4O/c16-7-3-4-8(9(18)6-7)11-12-13(21-15(17)20-11)14(23)22-5-1-2-10(22)19-12/h3-4,6H,1-2,5H2. The summed E-state index contributed by atoms with van der Waals surface area (Å²) < 4.78 is 15.8. The molecule has 5 nitrogen and oxygen atoms in total. The van der Waals surface area contributed by atoms with Gasteiger partial charge in [-0.1, -0.05) is 11.6 Å². The van der Waals surface area contributed by atoms with E-state index in [2.05, 4.69) is 15.0 Å². The van der Waals surface area contributed by atoms with Crippen LogP contribution in [0.4, 0.5) is 4.39 Å². The lowest BCUT2D eigenvalue weighted by molar-refractivity contribution is 0.631. The highest BCUT2D eigenvalue weighted by Crippen LogP contribution is 2.29. The average molecular weight is 351 g/mol. The second-order valence-electron chi connectivity index (χ2n) is 5.25. The minimum absolute atomic E-state index is 0.0972. The molecule has 8 heteroatoms. The molecule has 3 aromatic rings. The Labute approximate surface area is 139 Å². The second-order valence-corrected chi connectivity index (χ2v) is 6.03. The summed E-state index contributed by atoms with van der Waals surface area (Å²) in [6.07, 6.45) is 1.53. The predicted molar refractivity (Wildman–Crippen MR) is 85.3 cm³/mol. The van der Waals surface area contributed by atoms with Crippen molar-refractivity contribution in [2.75, 3.05) is 0 Å². The molecule has 1 aromatic carbocycles. The average Bonchev–Trinajstić information content (AvgIpc) is 2.97. The Morgan fingerprint density at radius 2 is 1.96 bits per heavy atom. The molecule has 0 saturated heterocycles. The van der Waals surface area contributed by atoms with Crippen molar-refractivity contribution in [2.45, 2.75) is 19.4 Å². The van der Waals surface area contributed by atoms with Crippen molar-refractivity contribution in [2.24, 2.45) is 0 Å². The molecule has 1 aliphatic rings. The van der Waals surface area contributed by atoms with Gasteiger partial charge >= 0.3 is 0 Å². The summed E-state index contributed by atoms with van der Waals surface area (Å²) >= 11 is 11.7. The molecular formula is C15H9Cl2FN4O. The van der Waals surface area contributed by atoms with Gasteiger partial charge in [0.1, 0.15) is 22.9 Å². The molecule has 23 heavy (non-hydrogen) atoms. The summed E-state index contributed by atoms with van der Waals surface area (Å²) in [6.45, 7) is 0.601. The van der Waals surface area contributed by atoms with Crippen LogP contribution in [0.25, 0.3) is 22.3 Å². The van der Waals surface area contributed by atoms with Gasteiger partial charge in [-0.25, -0.2) is 19.3 Å². The Bertz CT molecular complexity index is 1020. The summed E-state index contributed by atoms with van der Waals surface area (Å²) in [5, 5.41) is 0.143. The molecule has 1 aliphatic heterocycles. The number of benzene rings is 1. The molecule has 2 aromatic heterocycles. The Morgan fingerprint density at radius 1 is 1.13 bits per heavy atom. The lowest BCUT2D eigenvalue weighted by Crippen LogP contribution is -2.22. The van der Waals surface area contributed by atoms with Crippen LogP contribution in [0, 0.1) is 5.82 Å². The second kappa shape index (κ2) is 5.25. The molecule has 0 fully saturated rings. The van der Waals surface area contributed by atoms with Crippen LogP contribution in [0.3, 0.4) is 0 Å². The summed E-state index contributed by atoms with van der Waals surface area (Å²) in [4.78, 5) is 25.1. The number of rotatable bonds is 1. The quantitative estimate of drug-likeness (QED) is 0.632. The van der Waals surface area contributed by atoms with Crippen LogP contribution in [0.1, 0.15) is 12.2 Å². The zero-order valence-corrected chi connectivity index (χ0v) is 13.2. The number of hydrogen-bond donors (Lipinski definition) is 0. The van der Waals surface area contributed by atoms with Gasteiger partial charge in [0, 0.05) is 23.6 Å². The maximum absolute atomic E-state index is 14.3. The van der Waals surface area contributed by atoms with E-state index in [1.54, 1.807) is 10.6 Å². The third-order valence-corrected chi connectivity index (χ3v) is 4.23. The molecule has 0 atom stereocenters. The topological polar surface area (TPSA) is 60.7 Å². The Balaban J connectivity index is 2.11. The first-order valence-corrected chi connectivity index (χ1v) is 7.72. The van der Waals surface area contributed by atoms with E-state index in [0.29, 0.717) is 18.8 Å². The van der Waals surface area contributed by atoms with E-state index in [9.17, 15) is 9.18 Å². The molecule has 0 N–H and O–H groups in total. The normalized spacial score (nSPS) is 13.5. The zero-order valence-electron chi connectivity index (χ0n) is 11.7. The van der Waals surface area contributed by atoms with E-state index in [1.165, 1.54) is 12.1 Å². The number of nitrogens with zero attached hydrogens (tertiary/aromatic N) is 4. The molecule has 0 radical (unpaired) electrons. The molecule has 4 rings (SSSR count). The largest absolute Gasteiger partial charge is 0.295 e. The van der Waals surface area contributed by atoms with Crippen molar-refractivity contribution in [3.63, 3.8) is 0 Å². The number of hydrogen-bond acceptors (Lipinski definition) is 4. The molecule has 3 heterocycles. The van der Waals surface area contributed by atoms with E-state index in [-0.39, 0.29) is 38.2 Å². The predicted octanol–water partition coefficient (Wildman–Crippen LogP) is 3.25. The smallest absolute Gasteiger partial charge is 0.280 e. The fraction of sp³-hybridized carbons (Fsp3) is 0.200. The van der Waals surface area contributed by atoms with Gasteiger partial charge in [-0.2, -0.15) is 0 Å². The minimum atomic E-state index is -0.559. The van der Waals surface area contributed by atoms with Crippen LogP contribution in [0.5, 0.6) is 0 Å². The first kappa shape index (κ1) is 14.5. The molecular weight excluding hydrogens is 342 g/mol. The fourth-order valence-corrected chi connectivity index (χ4v) is 3.13. The van der Waals surface area contributed by atoms with Crippen molar-refractivity contribution in [1.29, 1.82) is 0 Å². The fourth-order valence-electron chi connectivity index (χ4n) is 2.80. The highest BCUT2D eigenvalue weighted by Gasteiger charge is 2.22. The van der Waals surface area contributed by atoms with Crippen LogP contribution in [0.2, 0.25) is 10.3 Å². The van der Waals surface area contributed by atoms with Crippen molar-refractivity contribution >= 4 is 34.2 Å². The molecule has 0 aliphatic carbocycles. The maximum atomic E-state index is 14.3. The van der Waals surface area contributed by atoms with Gasteiger partial charge in [-0.15, -0.1) is 0 Å². The Kier molecular flexibility index (Phi) is 3.32. The summed E-state index contributed by atoms with van der Waals surface area (Å²) in [7, 11) is 0.